The van der Waals surface area contributed by atoms with Gasteiger partial charge in [-0.2, -0.15) is 0 Å². The molecule has 0 spiro atoms. The van der Waals surface area contributed by atoms with Crippen molar-refractivity contribution in [1.29, 1.82) is 0 Å². The van der Waals surface area contributed by atoms with E-state index in [0.29, 0.717) is 5.92 Å². The Bertz CT molecular complexity index is 759. The first-order chi connectivity index (χ1) is 9.68. The fourth-order valence-electron chi connectivity index (χ4n) is 2.42. The maximum absolute atomic E-state index is 12.8. The molecule has 1 unspecified atom stereocenters. The predicted molar refractivity (Wildman–Crippen MR) is 84.3 cm³/mol. The maximum atomic E-state index is 12.8. The summed E-state index contributed by atoms with van der Waals surface area (Å²) in [5.41, 5.74) is 2.27. The van der Waals surface area contributed by atoms with E-state index in [1.165, 1.54) is 10.9 Å². The monoisotopic (exact) mass is 283 g/mol. The van der Waals surface area contributed by atoms with Crippen LogP contribution in [-0.4, -0.2) is 8.18 Å². The molecule has 1 heterocycles. The van der Waals surface area contributed by atoms with E-state index < -0.39 is 11.0 Å². The lowest BCUT2D eigenvalue weighted by Gasteiger charge is -2.04. The van der Waals surface area contributed by atoms with Crippen molar-refractivity contribution in [1.82, 2.24) is 3.97 Å². The normalized spacial score (nSPS) is 12.9. The van der Waals surface area contributed by atoms with Crippen LogP contribution in [0.15, 0.2) is 65.7 Å². The lowest BCUT2D eigenvalue weighted by atomic mass is 10.0. The van der Waals surface area contributed by atoms with Gasteiger partial charge in [0.2, 0.25) is 0 Å². The van der Waals surface area contributed by atoms with Crippen molar-refractivity contribution in [3.8, 4) is 0 Å². The molecule has 3 rings (SSSR count). The van der Waals surface area contributed by atoms with Crippen LogP contribution in [0.5, 0.6) is 0 Å². The Hall–Kier alpha value is -1.87. The first-order valence-corrected chi connectivity index (χ1v) is 7.86. The highest BCUT2D eigenvalue weighted by atomic mass is 32.2. The van der Waals surface area contributed by atoms with Gasteiger partial charge in [-0.1, -0.05) is 50.2 Å². The third-order valence-corrected chi connectivity index (χ3v) is 4.79. The van der Waals surface area contributed by atoms with Gasteiger partial charge >= 0.3 is 0 Å². The van der Waals surface area contributed by atoms with Crippen LogP contribution >= 0.6 is 0 Å². The molecule has 0 radical (unpaired) electrons. The lowest BCUT2D eigenvalue weighted by molar-refractivity contribution is 0.678. The van der Waals surface area contributed by atoms with Gasteiger partial charge in [0.15, 0.2) is 11.0 Å². The van der Waals surface area contributed by atoms with Crippen LogP contribution in [0.2, 0.25) is 0 Å². The molecule has 0 saturated carbocycles. The largest absolute Gasteiger partial charge is 0.262 e. The van der Waals surface area contributed by atoms with Gasteiger partial charge < -0.3 is 0 Å². The topological polar surface area (TPSA) is 22.0 Å². The molecule has 1 atom stereocenters. The maximum Gasteiger partial charge on any atom is 0.157 e. The molecule has 3 aromatic rings. The Balaban J connectivity index is 2.20. The average Bonchev–Trinajstić information content (AvgIpc) is 2.87. The second-order valence-electron chi connectivity index (χ2n) is 5.14. The third kappa shape index (κ3) is 2.18. The molecule has 0 aliphatic carbocycles. The van der Waals surface area contributed by atoms with Crippen LogP contribution in [-0.2, 0) is 11.0 Å². The number of fused-ring (bicyclic) bond motifs is 1. The quantitative estimate of drug-likeness (QED) is 0.701. The van der Waals surface area contributed by atoms with Crippen molar-refractivity contribution in [2.75, 3.05) is 0 Å². The standard InChI is InChI=1S/C17H17NOS/c1-13(2)16-12-18(17-11-7-6-10-15(16)17)20(19)14-8-4-3-5-9-14/h3-13H,1-2H3. The van der Waals surface area contributed by atoms with Gasteiger partial charge in [-0.05, 0) is 29.7 Å². The fraction of sp³-hybridized carbons (Fsp3) is 0.176. The van der Waals surface area contributed by atoms with Crippen LogP contribution in [0, 0.1) is 0 Å². The molecule has 20 heavy (non-hydrogen) atoms. The number of hydrogen-bond acceptors (Lipinski definition) is 1. The fourth-order valence-corrected chi connectivity index (χ4v) is 3.59. The molecule has 0 bridgehead atoms. The second kappa shape index (κ2) is 5.25. The van der Waals surface area contributed by atoms with Crippen molar-refractivity contribution in [3.05, 3.63) is 66.4 Å². The van der Waals surface area contributed by atoms with Crippen molar-refractivity contribution in [2.24, 2.45) is 0 Å². The molecule has 102 valence electrons. The number of rotatable bonds is 3. The Morgan fingerprint density at radius 2 is 1.60 bits per heavy atom. The molecular formula is C17H17NOS. The van der Waals surface area contributed by atoms with E-state index in [9.17, 15) is 4.21 Å². The minimum atomic E-state index is -1.20. The van der Waals surface area contributed by atoms with Gasteiger partial charge in [-0.3, -0.25) is 3.97 Å². The SMILES string of the molecule is CC(C)c1cn(S(=O)c2ccccc2)c2ccccc12. The number of para-hydroxylation sites is 1. The summed E-state index contributed by atoms with van der Waals surface area (Å²) in [6.45, 7) is 4.33. The van der Waals surface area contributed by atoms with Gasteiger partial charge in [0.05, 0.1) is 10.4 Å². The van der Waals surface area contributed by atoms with E-state index in [0.717, 1.165) is 10.4 Å². The van der Waals surface area contributed by atoms with Crippen molar-refractivity contribution in [3.63, 3.8) is 0 Å². The molecule has 2 nitrogen and oxygen atoms in total. The summed E-state index contributed by atoms with van der Waals surface area (Å²) in [7, 11) is -1.20. The smallest absolute Gasteiger partial charge is 0.157 e. The van der Waals surface area contributed by atoms with Crippen LogP contribution < -0.4 is 0 Å². The molecule has 0 saturated heterocycles. The zero-order valence-corrected chi connectivity index (χ0v) is 12.4. The molecule has 0 fully saturated rings. The lowest BCUT2D eigenvalue weighted by Crippen LogP contribution is -2.03. The molecule has 0 aliphatic heterocycles. The summed E-state index contributed by atoms with van der Waals surface area (Å²) < 4.78 is 14.6. The van der Waals surface area contributed by atoms with Crippen molar-refractivity contribution < 1.29 is 4.21 Å². The van der Waals surface area contributed by atoms with Gasteiger partial charge in [0, 0.05) is 11.6 Å². The Kier molecular flexibility index (Phi) is 3.45. The highest BCUT2D eigenvalue weighted by Gasteiger charge is 2.15. The molecule has 0 aliphatic rings. The minimum absolute atomic E-state index is 0.411. The number of aromatic nitrogens is 1. The third-order valence-electron chi connectivity index (χ3n) is 3.45. The summed E-state index contributed by atoms with van der Waals surface area (Å²) >= 11 is 0. The number of benzene rings is 2. The molecule has 3 heteroatoms. The zero-order valence-electron chi connectivity index (χ0n) is 11.6. The summed E-state index contributed by atoms with van der Waals surface area (Å²) in [5, 5.41) is 1.19. The molecule has 0 amide bonds. The van der Waals surface area contributed by atoms with Crippen LogP contribution in [0.3, 0.4) is 0 Å². The average molecular weight is 283 g/mol. The molecule has 0 N–H and O–H groups in total. The summed E-state index contributed by atoms with van der Waals surface area (Å²) in [5.74, 6) is 0.411. The molecule has 2 aromatic carbocycles. The minimum Gasteiger partial charge on any atom is -0.262 e. The molecular weight excluding hydrogens is 266 g/mol. The van der Waals surface area contributed by atoms with Crippen LogP contribution in [0.1, 0.15) is 25.3 Å². The predicted octanol–water partition coefficient (Wildman–Crippen LogP) is 4.34. The van der Waals surface area contributed by atoms with Gasteiger partial charge in [0.25, 0.3) is 0 Å². The van der Waals surface area contributed by atoms with Crippen LogP contribution in [0.25, 0.3) is 10.9 Å². The van der Waals surface area contributed by atoms with E-state index in [1.54, 1.807) is 0 Å². The van der Waals surface area contributed by atoms with Gasteiger partial charge in [0.1, 0.15) is 0 Å². The number of nitrogens with zero attached hydrogens (tertiary/aromatic N) is 1. The van der Waals surface area contributed by atoms with E-state index >= 15 is 0 Å². The highest BCUT2D eigenvalue weighted by molar-refractivity contribution is 7.83. The highest BCUT2D eigenvalue weighted by Crippen LogP contribution is 2.29. The van der Waals surface area contributed by atoms with E-state index in [4.69, 9.17) is 0 Å². The van der Waals surface area contributed by atoms with Crippen LogP contribution in [0.4, 0.5) is 0 Å². The first kappa shape index (κ1) is 13.1. The summed E-state index contributed by atoms with van der Waals surface area (Å²) in [6, 6.07) is 17.7. The van der Waals surface area contributed by atoms with E-state index in [1.807, 2.05) is 58.7 Å². The first-order valence-electron chi connectivity index (χ1n) is 6.76. The van der Waals surface area contributed by atoms with E-state index in [2.05, 4.69) is 19.9 Å². The Morgan fingerprint density at radius 1 is 0.950 bits per heavy atom. The summed E-state index contributed by atoms with van der Waals surface area (Å²) in [6.07, 6.45) is 2.03. The van der Waals surface area contributed by atoms with Crippen molar-refractivity contribution >= 4 is 21.9 Å². The van der Waals surface area contributed by atoms with Crippen molar-refractivity contribution in [2.45, 2.75) is 24.7 Å². The molecule has 1 aromatic heterocycles. The Morgan fingerprint density at radius 3 is 2.30 bits per heavy atom. The van der Waals surface area contributed by atoms with E-state index in [-0.39, 0.29) is 0 Å². The van der Waals surface area contributed by atoms with Gasteiger partial charge in [-0.15, -0.1) is 0 Å². The zero-order chi connectivity index (χ0) is 14.1. The Labute approximate surface area is 121 Å². The second-order valence-corrected chi connectivity index (χ2v) is 6.51. The van der Waals surface area contributed by atoms with Gasteiger partial charge in [-0.25, -0.2) is 4.21 Å². The summed E-state index contributed by atoms with van der Waals surface area (Å²) in [4.78, 5) is 0.823. The number of hydrogen-bond donors (Lipinski definition) is 0.